The highest BCUT2D eigenvalue weighted by molar-refractivity contribution is 6.31. The van der Waals surface area contributed by atoms with Gasteiger partial charge in [0.05, 0.1) is 11.0 Å². The molecule has 1 heterocycles. The number of imidazole rings is 1. The van der Waals surface area contributed by atoms with Gasteiger partial charge < -0.3 is 9.67 Å². The van der Waals surface area contributed by atoms with E-state index >= 15 is 0 Å². The van der Waals surface area contributed by atoms with Gasteiger partial charge in [0, 0.05) is 11.6 Å². The summed E-state index contributed by atoms with van der Waals surface area (Å²) in [5.41, 5.74) is 1.85. The maximum absolute atomic E-state index is 9.59. The van der Waals surface area contributed by atoms with Gasteiger partial charge in [0.15, 0.2) is 0 Å². The fourth-order valence-electron chi connectivity index (χ4n) is 1.77. The van der Waals surface area contributed by atoms with Crippen LogP contribution >= 0.6 is 11.6 Å². The van der Waals surface area contributed by atoms with E-state index in [9.17, 15) is 5.11 Å². The lowest BCUT2D eigenvalue weighted by Gasteiger charge is -2.07. The summed E-state index contributed by atoms with van der Waals surface area (Å²) in [5.74, 6) is 0.690. The SMILES string of the molecule is CCn1c([C@@H](C)O)nc2cc(Cl)ccc21. The largest absolute Gasteiger partial charge is 0.385 e. The molecule has 4 heteroatoms. The molecule has 3 nitrogen and oxygen atoms in total. The van der Waals surface area contributed by atoms with Gasteiger partial charge in [-0.2, -0.15) is 0 Å². The van der Waals surface area contributed by atoms with E-state index in [-0.39, 0.29) is 0 Å². The van der Waals surface area contributed by atoms with Crippen LogP contribution in [0.15, 0.2) is 18.2 Å². The molecule has 1 aromatic carbocycles. The van der Waals surface area contributed by atoms with Crippen molar-refractivity contribution in [2.24, 2.45) is 0 Å². The molecule has 0 aliphatic heterocycles. The maximum atomic E-state index is 9.59. The molecule has 2 aromatic rings. The van der Waals surface area contributed by atoms with E-state index in [0.717, 1.165) is 17.6 Å². The molecule has 1 atom stereocenters. The number of aliphatic hydroxyl groups is 1. The molecule has 2 rings (SSSR count). The first kappa shape index (κ1) is 10.5. The molecule has 0 fully saturated rings. The van der Waals surface area contributed by atoms with Crippen molar-refractivity contribution in [1.82, 2.24) is 9.55 Å². The first-order valence-corrected chi connectivity index (χ1v) is 5.35. The third kappa shape index (κ3) is 1.73. The Bertz CT molecular complexity index is 491. The van der Waals surface area contributed by atoms with Gasteiger partial charge in [-0.3, -0.25) is 0 Å². The minimum atomic E-state index is -0.559. The summed E-state index contributed by atoms with van der Waals surface area (Å²) in [6.07, 6.45) is -0.559. The summed E-state index contributed by atoms with van der Waals surface area (Å²) < 4.78 is 2.00. The molecule has 1 N–H and O–H groups in total. The van der Waals surface area contributed by atoms with Crippen molar-refractivity contribution >= 4 is 22.6 Å². The van der Waals surface area contributed by atoms with Gasteiger partial charge in [-0.1, -0.05) is 11.6 Å². The molecule has 0 aliphatic carbocycles. The van der Waals surface area contributed by atoms with Crippen LogP contribution in [0.2, 0.25) is 5.02 Å². The van der Waals surface area contributed by atoms with Crippen LogP contribution in [0, 0.1) is 0 Å². The Labute approximate surface area is 93.3 Å². The maximum Gasteiger partial charge on any atom is 0.138 e. The zero-order valence-electron chi connectivity index (χ0n) is 8.74. The van der Waals surface area contributed by atoms with Crippen LogP contribution in [-0.2, 0) is 6.54 Å². The number of benzene rings is 1. The lowest BCUT2D eigenvalue weighted by molar-refractivity contribution is 0.184. The second kappa shape index (κ2) is 3.83. The Morgan fingerprint density at radius 1 is 1.53 bits per heavy atom. The first-order valence-electron chi connectivity index (χ1n) is 4.97. The minimum absolute atomic E-state index is 0.559. The van der Waals surface area contributed by atoms with E-state index in [0.29, 0.717) is 10.8 Å². The molecule has 0 saturated heterocycles. The standard InChI is InChI=1S/C11H13ClN2O/c1-3-14-10-5-4-8(12)6-9(10)13-11(14)7(2)15/h4-7,15H,3H2,1-2H3/t7-/m1/s1. The Kier molecular flexibility index (Phi) is 2.67. The number of rotatable bonds is 2. The average molecular weight is 225 g/mol. The van der Waals surface area contributed by atoms with Crippen LogP contribution < -0.4 is 0 Å². The van der Waals surface area contributed by atoms with Crippen LogP contribution in [0.4, 0.5) is 0 Å². The highest BCUT2D eigenvalue weighted by atomic mass is 35.5. The fraction of sp³-hybridized carbons (Fsp3) is 0.364. The Morgan fingerprint density at radius 2 is 2.27 bits per heavy atom. The second-order valence-electron chi connectivity index (χ2n) is 3.52. The van der Waals surface area contributed by atoms with Crippen molar-refractivity contribution < 1.29 is 5.11 Å². The van der Waals surface area contributed by atoms with Crippen molar-refractivity contribution in [3.63, 3.8) is 0 Å². The van der Waals surface area contributed by atoms with E-state index in [1.807, 2.05) is 29.7 Å². The number of fused-ring (bicyclic) bond motifs is 1. The summed E-state index contributed by atoms with van der Waals surface area (Å²) in [6.45, 7) is 4.54. The monoisotopic (exact) mass is 224 g/mol. The number of halogens is 1. The number of aryl methyl sites for hydroxylation is 1. The first-order chi connectivity index (χ1) is 7.13. The summed E-state index contributed by atoms with van der Waals surface area (Å²) in [6, 6.07) is 5.58. The number of hydrogen-bond donors (Lipinski definition) is 1. The van der Waals surface area contributed by atoms with E-state index in [2.05, 4.69) is 4.98 Å². The third-order valence-electron chi connectivity index (χ3n) is 2.43. The summed E-state index contributed by atoms with van der Waals surface area (Å²) in [4.78, 5) is 4.37. The molecule has 0 amide bonds. The summed E-state index contributed by atoms with van der Waals surface area (Å²) in [5, 5.41) is 10.3. The Hall–Kier alpha value is -1.06. The predicted molar refractivity (Wildman–Crippen MR) is 61.1 cm³/mol. The molecule has 0 bridgehead atoms. The highest BCUT2D eigenvalue weighted by Gasteiger charge is 2.13. The van der Waals surface area contributed by atoms with Gasteiger partial charge in [0.25, 0.3) is 0 Å². The van der Waals surface area contributed by atoms with Gasteiger partial charge in [0.1, 0.15) is 11.9 Å². The molecular weight excluding hydrogens is 212 g/mol. The zero-order chi connectivity index (χ0) is 11.0. The van der Waals surface area contributed by atoms with Crippen molar-refractivity contribution in [3.8, 4) is 0 Å². The van der Waals surface area contributed by atoms with Gasteiger partial charge in [0.2, 0.25) is 0 Å². The van der Waals surface area contributed by atoms with Crippen LogP contribution in [0.3, 0.4) is 0 Å². The van der Waals surface area contributed by atoms with Crippen LogP contribution in [0.5, 0.6) is 0 Å². The number of nitrogens with zero attached hydrogens (tertiary/aromatic N) is 2. The molecule has 0 radical (unpaired) electrons. The molecule has 80 valence electrons. The number of hydrogen-bond acceptors (Lipinski definition) is 2. The third-order valence-corrected chi connectivity index (χ3v) is 2.66. The highest BCUT2D eigenvalue weighted by Crippen LogP contribution is 2.23. The molecule has 0 spiro atoms. The molecule has 0 aliphatic rings. The Morgan fingerprint density at radius 3 is 2.87 bits per heavy atom. The molecule has 0 unspecified atom stereocenters. The van der Waals surface area contributed by atoms with Crippen LogP contribution in [0.1, 0.15) is 25.8 Å². The van der Waals surface area contributed by atoms with Crippen molar-refractivity contribution in [2.75, 3.05) is 0 Å². The van der Waals surface area contributed by atoms with Gasteiger partial charge in [-0.25, -0.2) is 4.98 Å². The van der Waals surface area contributed by atoms with E-state index in [1.165, 1.54) is 0 Å². The van der Waals surface area contributed by atoms with Gasteiger partial charge in [-0.15, -0.1) is 0 Å². The van der Waals surface area contributed by atoms with Gasteiger partial charge >= 0.3 is 0 Å². The smallest absolute Gasteiger partial charge is 0.138 e. The lowest BCUT2D eigenvalue weighted by atomic mass is 10.3. The van der Waals surface area contributed by atoms with E-state index in [4.69, 9.17) is 11.6 Å². The normalized spacial score (nSPS) is 13.3. The van der Waals surface area contributed by atoms with Crippen LogP contribution in [0.25, 0.3) is 11.0 Å². The van der Waals surface area contributed by atoms with Gasteiger partial charge in [-0.05, 0) is 32.0 Å². The van der Waals surface area contributed by atoms with E-state index in [1.54, 1.807) is 6.92 Å². The quantitative estimate of drug-likeness (QED) is 0.852. The van der Waals surface area contributed by atoms with Crippen molar-refractivity contribution in [1.29, 1.82) is 0 Å². The second-order valence-corrected chi connectivity index (χ2v) is 3.96. The average Bonchev–Trinajstić information content (AvgIpc) is 2.55. The van der Waals surface area contributed by atoms with Crippen molar-refractivity contribution in [3.05, 3.63) is 29.0 Å². The topological polar surface area (TPSA) is 38.0 Å². The Balaban J connectivity index is 2.73. The minimum Gasteiger partial charge on any atom is -0.385 e. The van der Waals surface area contributed by atoms with Crippen LogP contribution in [-0.4, -0.2) is 14.7 Å². The number of aliphatic hydroxyl groups excluding tert-OH is 1. The lowest BCUT2D eigenvalue weighted by Crippen LogP contribution is -2.04. The predicted octanol–water partition coefficient (Wildman–Crippen LogP) is 2.76. The van der Waals surface area contributed by atoms with Crippen molar-refractivity contribution in [2.45, 2.75) is 26.5 Å². The van der Waals surface area contributed by atoms with E-state index < -0.39 is 6.10 Å². The summed E-state index contributed by atoms with van der Waals surface area (Å²) >= 11 is 5.89. The zero-order valence-corrected chi connectivity index (χ0v) is 9.49. The molecule has 15 heavy (non-hydrogen) atoms. The number of aromatic nitrogens is 2. The fourth-order valence-corrected chi connectivity index (χ4v) is 1.94. The molecular formula is C11H13ClN2O. The molecule has 1 aromatic heterocycles. The summed E-state index contributed by atoms with van der Waals surface area (Å²) in [7, 11) is 0. The molecule has 0 saturated carbocycles.